The first-order valence-corrected chi connectivity index (χ1v) is 6.60. The van der Waals surface area contributed by atoms with Gasteiger partial charge in [-0.25, -0.2) is 4.79 Å². The van der Waals surface area contributed by atoms with Gasteiger partial charge in [-0.15, -0.1) is 0 Å². The van der Waals surface area contributed by atoms with E-state index in [9.17, 15) is 9.59 Å². The standard InChI is InChI=1S/C13H20N2O3/c1-7-5-8(2)10-9(7)13(11(16)15(10)4)6-14(3)12(17)18-13/h7-10H,5-6H2,1-4H3. The molecule has 5 atom stereocenters. The molecule has 2 heterocycles. The SMILES string of the molecule is CC1CC(C)C2C1N(C)C(=O)C21CN(C)C(=O)O1. The smallest absolute Gasteiger partial charge is 0.410 e. The zero-order valence-corrected chi connectivity index (χ0v) is 11.3. The van der Waals surface area contributed by atoms with Gasteiger partial charge in [0.25, 0.3) is 5.91 Å². The third-order valence-electron chi connectivity index (χ3n) is 5.03. The molecule has 1 aliphatic carbocycles. The van der Waals surface area contributed by atoms with E-state index in [2.05, 4.69) is 13.8 Å². The van der Waals surface area contributed by atoms with E-state index in [0.717, 1.165) is 6.42 Å². The van der Waals surface area contributed by atoms with Crippen LogP contribution in [0, 0.1) is 17.8 Å². The molecule has 0 radical (unpaired) electrons. The Bertz CT molecular complexity index is 424. The molecule has 1 spiro atoms. The molecule has 3 aliphatic rings. The second-order valence-electron chi connectivity index (χ2n) is 6.24. The maximum Gasteiger partial charge on any atom is 0.410 e. The number of carbonyl (C=O) groups excluding carboxylic acids is 2. The monoisotopic (exact) mass is 252 g/mol. The van der Waals surface area contributed by atoms with Crippen molar-refractivity contribution >= 4 is 12.0 Å². The Balaban J connectivity index is 2.05. The fourth-order valence-electron chi connectivity index (χ4n) is 4.47. The fourth-order valence-corrected chi connectivity index (χ4v) is 4.47. The van der Waals surface area contributed by atoms with Crippen molar-refractivity contribution < 1.29 is 14.3 Å². The molecule has 0 aromatic carbocycles. The van der Waals surface area contributed by atoms with E-state index < -0.39 is 5.60 Å². The number of hydrogen-bond donors (Lipinski definition) is 0. The van der Waals surface area contributed by atoms with Gasteiger partial charge < -0.3 is 14.5 Å². The molecule has 2 saturated heterocycles. The molecule has 1 saturated carbocycles. The van der Waals surface area contributed by atoms with Gasteiger partial charge in [0.15, 0.2) is 0 Å². The van der Waals surface area contributed by atoms with Gasteiger partial charge >= 0.3 is 6.09 Å². The van der Waals surface area contributed by atoms with Gasteiger partial charge in [0.1, 0.15) is 0 Å². The summed E-state index contributed by atoms with van der Waals surface area (Å²) in [6.45, 7) is 4.75. The van der Waals surface area contributed by atoms with Gasteiger partial charge in [0.2, 0.25) is 5.60 Å². The van der Waals surface area contributed by atoms with Crippen LogP contribution in [0.4, 0.5) is 4.79 Å². The molecule has 0 aromatic rings. The number of likely N-dealkylation sites (N-methyl/N-ethyl adjacent to an activating group) is 2. The summed E-state index contributed by atoms with van der Waals surface area (Å²) >= 11 is 0. The van der Waals surface area contributed by atoms with Crippen molar-refractivity contribution in [1.29, 1.82) is 0 Å². The van der Waals surface area contributed by atoms with E-state index in [1.807, 2.05) is 11.9 Å². The molecule has 100 valence electrons. The zero-order chi connectivity index (χ0) is 13.2. The number of rotatable bonds is 0. The van der Waals surface area contributed by atoms with Crippen LogP contribution in [0.3, 0.4) is 0 Å². The highest BCUT2D eigenvalue weighted by molar-refractivity contribution is 5.93. The van der Waals surface area contributed by atoms with Crippen LogP contribution in [0.15, 0.2) is 0 Å². The largest absolute Gasteiger partial charge is 0.430 e. The first-order valence-electron chi connectivity index (χ1n) is 6.60. The number of nitrogens with zero attached hydrogens (tertiary/aromatic N) is 2. The van der Waals surface area contributed by atoms with Crippen molar-refractivity contribution in [1.82, 2.24) is 9.80 Å². The summed E-state index contributed by atoms with van der Waals surface area (Å²) in [5.41, 5.74) is -0.921. The summed E-state index contributed by atoms with van der Waals surface area (Å²) in [5, 5.41) is 0. The summed E-state index contributed by atoms with van der Waals surface area (Å²) in [7, 11) is 3.54. The first kappa shape index (κ1) is 11.8. The van der Waals surface area contributed by atoms with Crippen LogP contribution in [0.25, 0.3) is 0 Å². The molecule has 0 bridgehead atoms. The highest BCUT2D eigenvalue weighted by Crippen LogP contribution is 2.53. The lowest BCUT2D eigenvalue weighted by Crippen LogP contribution is -2.47. The molecule has 3 rings (SSSR count). The second kappa shape index (κ2) is 3.39. The second-order valence-corrected chi connectivity index (χ2v) is 6.24. The number of hydrogen-bond acceptors (Lipinski definition) is 3. The number of likely N-dealkylation sites (tertiary alicyclic amines) is 1. The molecule has 0 aromatic heterocycles. The minimum absolute atomic E-state index is 0.0198. The molecular weight excluding hydrogens is 232 g/mol. The maximum absolute atomic E-state index is 12.5. The van der Waals surface area contributed by atoms with E-state index in [1.54, 1.807) is 7.05 Å². The summed E-state index contributed by atoms with van der Waals surface area (Å²) < 4.78 is 5.53. The zero-order valence-electron chi connectivity index (χ0n) is 11.3. The predicted molar refractivity (Wildman–Crippen MR) is 64.8 cm³/mol. The maximum atomic E-state index is 12.5. The molecule has 18 heavy (non-hydrogen) atoms. The van der Waals surface area contributed by atoms with E-state index in [-0.39, 0.29) is 24.0 Å². The van der Waals surface area contributed by atoms with Crippen LogP contribution in [-0.2, 0) is 9.53 Å². The van der Waals surface area contributed by atoms with Crippen molar-refractivity contribution in [2.24, 2.45) is 17.8 Å². The van der Waals surface area contributed by atoms with E-state index in [1.165, 1.54) is 4.90 Å². The lowest BCUT2D eigenvalue weighted by molar-refractivity contribution is -0.142. The minimum Gasteiger partial charge on any atom is -0.430 e. The van der Waals surface area contributed by atoms with Crippen LogP contribution in [0.2, 0.25) is 0 Å². The van der Waals surface area contributed by atoms with Crippen LogP contribution in [0.5, 0.6) is 0 Å². The van der Waals surface area contributed by atoms with Crippen molar-refractivity contribution in [3.05, 3.63) is 0 Å². The molecular formula is C13H20N2O3. The third kappa shape index (κ3) is 1.17. The Morgan fingerprint density at radius 3 is 2.44 bits per heavy atom. The fraction of sp³-hybridized carbons (Fsp3) is 0.846. The van der Waals surface area contributed by atoms with Gasteiger partial charge in [-0.05, 0) is 18.3 Å². The van der Waals surface area contributed by atoms with Crippen molar-refractivity contribution in [3.63, 3.8) is 0 Å². The highest BCUT2D eigenvalue weighted by atomic mass is 16.6. The Morgan fingerprint density at radius 1 is 1.22 bits per heavy atom. The number of fused-ring (bicyclic) bond motifs is 2. The Labute approximate surface area is 107 Å². The van der Waals surface area contributed by atoms with Gasteiger partial charge in [0, 0.05) is 26.1 Å². The number of carbonyl (C=O) groups is 2. The molecule has 2 aliphatic heterocycles. The minimum atomic E-state index is -0.921. The summed E-state index contributed by atoms with van der Waals surface area (Å²) in [4.78, 5) is 27.6. The summed E-state index contributed by atoms with van der Waals surface area (Å²) in [5.74, 6) is 1.01. The third-order valence-corrected chi connectivity index (χ3v) is 5.03. The summed E-state index contributed by atoms with van der Waals surface area (Å²) in [6, 6.07) is 0.215. The van der Waals surface area contributed by atoms with E-state index >= 15 is 0 Å². The van der Waals surface area contributed by atoms with E-state index in [0.29, 0.717) is 18.4 Å². The lowest BCUT2D eigenvalue weighted by Gasteiger charge is -2.27. The van der Waals surface area contributed by atoms with Crippen LogP contribution in [-0.4, -0.2) is 54.1 Å². The van der Waals surface area contributed by atoms with Crippen LogP contribution < -0.4 is 0 Å². The number of amides is 2. The Kier molecular flexibility index (Phi) is 2.23. The molecule has 0 N–H and O–H groups in total. The van der Waals surface area contributed by atoms with Gasteiger partial charge in [-0.2, -0.15) is 0 Å². The van der Waals surface area contributed by atoms with Gasteiger partial charge in [0.05, 0.1) is 6.54 Å². The summed E-state index contributed by atoms with van der Waals surface area (Å²) in [6.07, 6.45) is 0.722. The topological polar surface area (TPSA) is 49.9 Å². The average molecular weight is 252 g/mol. The van der Waals surface area contributed by atoms with Crippen molar-refractivity contribution in [2.45, 2.75) is 31.9 Å². The van der Waals surface area contributed by atoms with Gasteiger partial charge in [-0.1, -0.05) is 13.8 Å². The van der Waals surface area contributed by atoms with Crippen LogP contribution in [0.1, 0.15) is 20.3 Å². The van der Waals surface area contributed by atoms with E-state index in [4.69, 9.17) is 4.74 Å². The lowest BCUT2D eigenvalue weighted by atomic mass is 9.81. The average Bonchev–Trinajstić information content (AvgIpc) is 2.82. The Hall–Kier alpha value is -1.26. The molecule has 5 heteroatoms. The normalized spacial score (nSPS) is 47.1. The molecule has 3 fully saturated rings. The molecule has 5 nitrogen and oxygen atoms in total. The molecule has 2 amide bonds. The quantitative estimate of drug-likeness (QED) is 0.644. The predicted octanol–water partition coefficient (Wildman–Crippen LogP) is 0.940. The number of ether oxygens (including phenoxy) is 1. The van der Waals surface area contributed by atoms with Crippen LogP contribution >= 0.6 is 0 Å². The molecule has 5 unspecified atom stereocenters. The van der Waals surface area contributed by atoms with Crippen molar-refractivity contribution in [3.8, 4) is 0 Å². The Morgan fingerprint density at radius 2 is 1.89 bits per heavy atom. The highest BCUT2D eigenvalue weighted by Gasteiger charge is 2.68. The van der Waals surface area contributed by atoms with Crippen molar-refractivity contribution in [2.75, 3.05) is 20.6 Å². The first-order chi connectivity index (χ1) is 8.38. The van der Waals surface area contributed by atoms with Gasteiger partial charge in [-0.3, -0.25) is 4.79 Å².